The molecule has 0 aromatic carbocycles. The van der Waals surface area contributed by atoms with E-state index in [1.807, 2.05) is 0 Å². The summed E-state index contributed by atoms with van der Waals surface area (Å²) in [6.07, 6.45) is 21.2. The van der Waals surface area contributed by atoms with Crippen molar-refractivity contribution < 1.29 is 0 Å². The van der Waals surface area contributed by atoms with Crippen molar-refractivity contribution in [2.75, 3.05) is 0 Å². The van der Waals surface area contributed by atoms with Crippen LogP contribution in [-0.4, -0.2) is 0 Å². The van der Waals surface area contributed by atoms with Crippen LogP contribution in [0.3, 0.4) is 0 Å². The van der Waals surface area contributed by atoms with Crippen LogP contribution < -0.4 is 0 Å². The van der Waals surface area contributed by atoms with Crippen LogP contribution in [0.1, 0.15) is 202 Å². The van der Waals surface area contributed by atoms with Crippen molar-refractivity contribution in [1.29, 1.82) is 0 Å². The molecule has 0 nitrogen and oxygen atoms in total. The molecule has 0 aliphatic heterocycles. The summed E-state index contributed by atoms with van der Waals surface area (Å²) < 4.78 is 0. The molecule has 8 aliphatic rings. The lowest BCUT2D eigenvalue weighted by atomic mass is 9.30. The van der Waals surface area contributed by atoms with E-state index in [2.05, 4.69) is 90.0 Å². The molecule has 0 saturated heterocycles. The molecule has 0 heteroatoms. The zero-order valence-electron chi connectivity index (χ0n) is 29.3. The van der Waals surface area contributed by atoms with Gasteiger partial charge in [-0.1, -0.05) is 112 Å². The number of hydrogen-bond donors (Lipinski definition) is 0. The van der Waals surface area contributed by atoms with Crippen molar-refractivity contribution >= 4 is 0 Å². The first-order valence-corrected chi connectivity index (χ1v) is 17.8. The average Bonchev–Trinajstić information content (AvgIpc) is 3.39. The van der Waals surface area contributed by atoms with Crippen LogP contribution in [0.5, 0.6) is 0 Å². The van der Waals surface area contributed by atoms with Gasteiger partial charge in [0, 0.05) is 0 Å². The number of fused-ring (bicyclic) bond motifs is 5. The van der Waals surface area contributed by atoms with E-state index in [0.717, 1.165) is 56.7 Å². The maximum absolute atomic E-state index is 2.45. The maximum Gasteiger partial charge on any atom is -0.0243 e. The second kappa shape index (κ2) is 13.0. The van der Waals surface area contributed by atoms with Gasteiger partial charge in [-0.25, -0.2) is 0 Å². The molecule has 0 heterocycles. The summed E-state index contributed by atoms with van der Waals surface area (Å²) in [5.74, 6) is 4.58. The van der Waals surface area contributed by atoms with Crippen LogP contribution in [0, 0.1) is 67.5 Å². The Kier molecular flexibility index (Phi) is 12.4. The molecule has 0 atom stereocenters. The van der Waals surface area contributed by atoms with Gasteiger partial charge in [-0.3, -0.25) is 0 Å². The number of rotatable bonds is 5. The molecule has 0 spiro atoms. The zero-order valence-corrected chi connectivity index (χ0v) is 29.3. The molecule has 252 valence electrons. The van der Waals surface area contributed by atoms with E-state index in [9.17, 15) is 0 Å². The minimum absolute atomic E-state index is 0. The highest BCUT2D eigenvalue weighted by Gasteiger charge is 2.69. The Hall–Kier alpha value is 0. The molecule has 8 aliphatic carbocycles. The summed E-state index contributed by atoms with van der Waals surface area (Å²) in [5.41, 5.74) is 5.06. The summed E-state index contributed by atoms with van der Waals surface area (Å²) in [4.78, 5) is 0. The van der Waals surface area contributed by atoms with Crippen molar-refractivity contribution in [3.05, 3.63) is 0 Å². The second-order valence-electron chi connectivity index (χ2n) is 19.3. The van der Waals surface area contributed by atoms with E-state index in [0.29, 0.717) is 10.8 Å². The summed E-state index contributed by atoms with van der Waals surface area (Å²) in [7, 11) is 0. The molecule has 6 bridgehead atoms. The molecule has 8 fully saturated rings. The average molecular weight is 589 g/mol. The van der Waals surface area contributed by atoms with Crippen LogP contribution in [-0.2, 0) is 0 Å². The van der Waals surface area contributed by atoms with E-state index in [1.54, 1.807) is 0 Å². The lowest BCUT2D eigenvalue weighted by Crippen LogP contribution is -2.66. The first kappa shape index (κ1) is 40.0. The molecule has 0 radical (unpaired) electrons. The van der Waals surface area contributed by atoms with E-state index >= 15 is 0 Å². The predicted molar refractivity (Wildman–Crippen MR) is 193 cm³/mol. The van der Waals surface area contributed by atoms with Gasteiger partial charge in [-0.15, -0.1) is 0 Å². The Bertz CT molecular complexity index is 747. The lowest BCUT2D eigenvalue weighted by molar-refractivity contribution is -0.252. The first-order valence-electron chi connectivity index (χ1n) is 17.8. The van der Waals surface area contributed by atoms with Crippen LogP contribution in [0.2, 0.25) is 0 Å². The summed E-state index contributed by atoms with van der Waals surface area (Å²) in [5, 5.41) is 0. The van der Waals surface area contributed by atoms with Crippen LogP contribution in [0.25, 0.3) is 0 Å². The lowest BCUT2D eigenvalue weighted by Gasteiger charge is -2.75. The van der Waals surface area contributed by atoms with Gasteiger partial charge < -0.3 is 0 Å². The van der Waals surface area contributed by atoms with Crippen molar-refractivity contribution in [3.8, 4) is 0 Å². The molecule has 0 amide bonds. The van der Waals surface area contributed by atoms with E-state index in [1.165, 1.54) is 89.9 Å². The van der Waals surface area contributed by atoms with Crippen molar-refractivity contribution in [3.63, 3.8) is 0 Å². The minimum Gasteiger partial charge on any atom is -0.0776 e. The molecule has 42 heavy (non-hydrogen) atoms. The normalized spacial score (nSPS) is 40.7. The summed E-state index contributed by atoms with van der Waals surface area (Å²) >= 11 is 0. The summed E-state index contributed by atoms with van der Waals surface area (Å²) in [6, 6.07) is 0. The zero-order chi connectivity index (χ0) is 29.3. The van der Waals surface area contributed by atoms with Crippen molar-refractivity contribution in [1.82, 2.24) is 0 Å². The van der Waals surface area contributed by atoms with Gasteiger partial charge in [0.05, 0.1) is 0 Å². The Morgan fingerprint density at radius 1 is 0.333 bits per heavy atom. The minimum atomic E-state index is 0. The standard InChI is InChI=1S/2C14H26.C11H20.3CH4/c1-11(2)13-6-8-14(10-13,9-7-13)12(3,4)5;1-11(2)13-5-8-14(9-6-13,10-7-13)12(3)4;1-8(2)10-5-11(6-10,7-10)9(3)4;;;/h11H,6-10H2,1-5H3;11-12H,5-10H2,1-4H3;8-9H,5-7H2,1-4H3;3*1H4. The second-order valence-corrected chi connectivity index (χ2v) is 19.3. The van der Waals surface area contributed by atoms with Gasteiger partial charge in [0.15, 0.2) is 0 Å². The third kappa shape index (κ3) is 6.33. The largest absolute Gasteiger partial charge is 0.0776 e. The Morgan fingerprint density at radius 3 is 0.738 bits per heavy atom. The van der Waals surface area contributed by atoms with E-state index in [4.69, 9.17) is 0 Å². The highest BCUT2D eigenvalue weighted by Crippen LogP contribution is 2.78. The van der Waals surface area contributed by atoms with Gasteiger partial charge >= 0.3 is 0 Å². The molecule has 0 N–H and O–H groups in total. The van der Waals surface area contributed by atoms with Gasteiger partial charge in [0.1, 0.15) is 0 Å². The Labute approximate surface area is 269 Å². The molecular weight excluding hydrogens is 504 g/mol. The van der Waals surface area contributed by atoms with Gasteiger partial charge in [0.2, 0.25) is 0 Å². The van der Waals surface area contributed by atoms with Gasteiger partial charge in [0.25, 0.3) is 0 Å². The fourth-order valence-corrected chi connectivity index (χ4v) is 11.2. The fraction of sp³-hybridized carbons (Fsp3) is 1.00. The molecule has 0 unspecified atom stereocenters. The SMILES string of the molecule is C.C.C.CC(C)C12CC(C(C)C)(C1)C2.CC(C)C12CCC(C(C)(C)C)(CC1)C2.CC(C)C12CCC(C(C)C)(CC1)CC2. The topological polar surface area (TPSA) is 0 Å². The highest BCUT2D eigenvalue weighted by molar-refractivity contribution is 5.18. The quantitative estimate of drug-likeness (QED) is 0.299. The Balaban J connectivity index is 0.000000306. The molecule has 8 saturated carbocycles. The van der Waals surface area contributed by atoms with Crippen molar-refractivity contribution in [2.24, 2.45) is 67.5 Å². The number of hydrogen-bond acceptors (Lipinski definition) is 0. The van der Waals surface area contributed by atoms with Crippen LogP contribution >= 0.6 is 0 Å². The van der Waals surface area contributed by atoms with Crippen molar-refractivity contribution in [2.45, 2.75) is 202 Å². The monoisotopic (exact) mass is 589 g/mol. The van der Waals surface area contributed by atoms with Gasteiger partial charge in [-0.05, 0) is 157 Å². The maximum atomic E-state index is 2.45. The Morgan fingerprint density at radius 2 is 0.571 bits per heavy atom. The predicted octanol–water partition coefficient (Wildman–Crippen LogP) is 14.7. The van der Waals surface area contributed by atoms with Crippen LogP contribution in [0.4, 0.5) is 0 Å². The third-order valence-corrected chi connectivity index (χ3v) is 16.1. The smallest absolute Gasteiger partial charge is 0.0243 e. The van der Waals surface area contributed by atoms with Crippen LogP contribution in [0.15, 0.2) is 0 Å². The molecule has 8 rings (SSSR count). The highest BCUT2D eigenvalue weighted by atomic mass is 14.7. The summed E-state index contributed by atoms with van der Waals surface area (Å²) in [6.45, 7) is 31.6. The molecule has 0 aromatic rings. The molecular formula is C42H84. The fourth-order valence-electron chi connectivity index (χ4n) is 11.2. The molecule has 0 aromatic heterocycles. The van der Waals surface area contributed by atoms with E-state index in [-0.39, 0.29) is 22.3 Å². The third-order valence-electron chi connectivity index (χ3n) is 16.1. The van der Waals surface area contributed by atoms with Gasteiger partial charge in [-0.2, -0.15) is 0 Å². The van der Waals surface area contributed by atoms with E-state index < -0.39 is 0 Å². The first-order chi connectivity index (χ1) is 17.8.